The number of nitrogens with one attached hydrogen (secondary N) is 1. The van der Waals surface area contributed by atoms with Gasteiger partial charge in [0.05, 0.1) is 6.54 Å². The Balaban J connectivity index is 1.69. The lowest BCUT2D eigenvalue weighted by Crippen LogP contribution is -2.11. The number of rotatable bonds is 5. The Hall–Kier alpha value is -1.62. The zero-order valence-electron chi connectivity index (χ0n) is 9.01. The van der Waals surface area contributed by atoms with Gasteiger partial charge in [-0.1, -0.05) is 29.5 Å². The Morgan fingerprint density at radius 3 is 2.75 bits per heavy atom. The fourth-order valence-corrected chi connectivity index (χ4v) is 1.83. The molecule has 0 radical (unpaired) electrons. The molecule has 0 unspecified atom stereocenters. The predicted molar refractivity (Wildman–Crippen MR) is 65.1 cm³/mol. The highest BCUT2D eigenvalue weighted by Crippen LogP contribution is 2.13. The van der Waals surface area contributed by atoms with E-state index < -0.39 is 0 Å². The molecule has 0 atom stereocenters. The standard InChI is InChI=1S/C11H13N3OS/c1-9-13-14-11(16-9)12-7-8-15-10-5-3-2-4-6-10/h2-6H,7-8H2,1H3,(H,12,14). The molecular formula is C11H13N3OS. The van der Waals surface area contributed by atoms with Crippen molar-refractivity contribution >= 4 is 16.5 Å². The van der Waals surface area contributed by atoms with Gasteiger partial charge < -0.3 is 10.1 Å². The molecule has 1 N–H and O–H groups in total. The summed E-state index contributed by atoms with van der Waals surface area (Å²) in [6, 6.07) is 9.76. The van der Waals surface area contributed by atoms with E-state index in [1.54, 1.807) is 11.3 Å². The summed E-state index contributed by atoms with van der Waals surface area (Å²) in [5, 5.41) is 12.8. The van der Waals surface area contributed by atoms with Gasteiger partial charge in [0, 0.05) is 0 Å². The van der Waals surface area contributed by atoms with E-state index in [9.17, 15) is 0 Å². The Morgan fingerprint density at radius 2 is 2.06 bits per heavy atom. The Morgan fingerprint density at radius 1 is 1.25 bits per heavy atom. The molecule has 16 heavy (non-hydrogen) atoms. The summed E-state index contributed by atoms with van der Waals surface area (Å²) < 4.78 is 5.53. The van der Waals surface area contributed by atoms with E-state index in [4.69, 9.17) is 4.74 Å². The molecule has 0 aliphatic heterocycles. The zero-order valence-corrected chi connectivity index (χ0v) is 9.83. The molecule has 0 fully saturated rings. The number of anilines is 1. The maximum absolute atomic E-state index is 5.53. The van der Waals surface area contributed by atoms with Crippen molar-refractivity contribution in [1.82, 2.24) is 10.2 Å². The molecule has 0 bridgehead atoms. The van der Waals surface area contributed by atoms with Gasteiger partial charge in [-0.25, -0.2) is 0 Å². The molecule has 1 aromatic heterocycles. The first-order chi connectivity index (χ1) is 7.84. The molecule has 5 heteroatoms. The average Bonchev–Trinajstić information content (AvgIpc) is 2.72. The second-order valence-corrected chi connectivity index (χ2v) is 4.40. The fourth-order valence-electron chi connectivity index (χ4n) is 1.21. The van der Waals surface area contributed by atoms with Gasteiger partial charge in [0.15, 0.2) is 0 Å². The number of aryl methyl sites for hydroxylation is 1. The number of para-hydroxylation sites is 1. The summed E-state index contributed by atoms with van der Waals surface area (Å²) in [7, 11) is 0. The first kappa shape index (κ1) is 10.9. The van der Waals surface area contributed by atoms with Gasteiger partial charge in [-0.2, -0.15) is 0 Å². The highest BCUT2D eigenvalue weighted by Gasteiger charge is 1.98. The molecule has 2 aromatic rings. The molecule has 0 aliphatic rings. The van der Waals surface area contributed by atoms with Gasteiger partial charge in [-0.05, 0) is 19.1 Å². The van der Waals surface area contributed by atoms with E-state index in [0.717, 1.165) is 22.4 Å². The van der Waals surface area contributed by atoms with Crippen LogP contribution < -0.4 is 10.1 Å². The first-order valence-corrected chi connectivity index (χ1v) is 5.88. The van der Waals surface area contributed by atoms with E-state index in [0.29, 0.717) is 6.61 Å². The highest BCUT2D eigenvalue weighted by atomic mass is 32.1. The number of ether oxygens (including phenoxy) is 1. The summed E-state index contributed by atoms with van der Waals surface area (Å²) in [5.41, 5.74) is 0. The van der Waals surface area contributed by atoms with Crippen LogP contribution in [-0.2, 0) is 0 Å². The predicted octanol–water partition coefficient (Wildman–Crippen LogP) is 2.34. The quantitative estimate of drug-likeness (QED) is 0.808. The molecule has 2 rings (SSSR count). The topological polar surface area (TPSA) is 47.0 Å². The lowest BCUT2D eigenvalue weighted by atomic mass is 10.3. The van der Waals surface area contributed by atoms with Crippen LogP contribution in [0.1, 0.15) is 5.01 Å². The third-order valence-corrected chi connectivity index (χ3v) is 2.71. The van der Waals surface area contributed by atoms with E-state index in [1.807, 2.05) is 37.3 Å². The minimum absolute atomic E-state index is 0.614. The maximum Gasteiger partial charge on any atom is 0.205 e. The van der Waals surface area contributed by atoms with Crippen molar-refractivity contribution in [1.29, 1.82) is 0 Å². The maximum atomic E-state index is 5.53. The van der Waals surface area contributed by atoms with Gasteiger partial charge in [-0.3, -0.25) is 0 Å². The molecule has 0 aliphatic carbocycles. The van der Waals surface area contributed by atoms with Crippen LogP contribution >= 0.6 is 11.3 Å². The zero-order chi connectivity index (χ0) is 11.2. The highest BCUT2D eigenvalue weighted by molar-refractivity contribution is 7.15. The fraction of sp³-hybridized carbons (Fsp3) is 0.273. The van der Waals surface area contributed by atoms with Gasteiger partial charge in [0.1, 0.15) is 17.4 Å². The Bertz CT molecular complexity index is 430. The molecule has 1 aromatic carbocycles. The first-order valence-electron chi connectivity index (χ1n) is 5.06. The van der Waals surface area contributed by atoms with Crippen LogP contribution in [0.25, 0.3) is 0 Å². The third-order valence-electron chi connectivity index (χ3n) is 1.92. The number of benzene rings is 1. The minimum Gasteiger partial charge on any atom is -0.492 e. The molecule has 1 heterocycles. The summed E-state index contributed by atoms with van der Waals surface area (Å²) in [6.07, 6.45) is 0. The van der Waals surface area contributed by atoms with Crippen molar-refractivity contribution < 1.29 is 4.74 Å². The van der Waals surface area contributed by atoms with Crippen molar-refractivity contribution in [2.45, 2.75) is 6.92 Å². The molecule has 4 nitrogen and oxygen atoms in total. The van der Waals surface area contributed by atoms with Crippen LogP contribution in [0.15, 0.2) is 30.3 Å². The summed E-state index contributed by atoms with van der Waals surface area (Å²) in [5.74, 6) is 0.887. The van der Waals surface area contributed by atoms with Gasteiger partial charge in [0.2, 0.25) is 5.13 Å². The molecular weight excluding hydrogens is 222 g/mol. The molecule has 0 amide bonds. The molecule has 0 saturated carbocycles. The monoisotopic (exact) mass is 235 g/mol. The Labute approximate surface area is 98.3 Å². The van der Waals surface area contributed by atoms with Crippen molar-refractivity contribution in [2.75, 3.05) is 18.5 Å². The van der Waals surface area contributed by atoms with Crippen molar-refractivity contribution in [2.24, 2.45) is 0 Å². The Kier molecular flexibility index (Phi) is 3.71. The number of nitrogens with zero attached hydrogens (tertiary/aromatic N) is 2. The van der Waals surface area contributed by atoms with Crippen LogP contribution in [0.4, 0.5) is 5.13 Å². The summed E-state index contributed by atoms with van der Waals surface area (Å²) in [6.45, 7) is 3.27. The van der Waals surface area contributed by atoms with Crippen LogP contribution in [0.2, 0.25) is 0 Å². The normalized spacial score (nSPS) is 10.1. The van der Waals surface area contributed by atoms with Gasteiger partial charge in [-0.15, -0.1) is 10.2 Å². The number of aromatic nitrogens is 2. The SMILES string of the molecule is Cc1nnc(NCCOc2ccccc2)s1. The van der Waals surface area contributed by atoms with Crippen LogP contribution in [0, 0.1) is 6.92 Å². The smallest absolute Gasteiger partial charge is 0.205 e. The van der Waals surface area contributed by atoms with Crippen molar-refractivity contribution in [3.63, 3.8) is 0 Å². The van der Waals surface area contributed by atoms with Crippen molar-refractivity contribution in [3.05, 3.63) is 35.3 Å². The number of hydrogen-bond donors (Lipinski definition) is 1. The van der Waals surface area contributed by atoms with E-state index >= 15 is 0 Å². The largest absolute Gasteiger partial charge is 0.492 e. The lowest BCUT2D eigenvalue weighted by molar-refractivity contribution is 0.333. The summed E-state index contributed by atoms with van der Waals surface area (Å²) >= 11 is 1.55. The molecule has 0 saturated heterocycles. The van der Waals surface area contributed by atoms with Crippen molar-refractivity contribution in [3.8, 4) is 5.75 Å². The molecule has 0 spiro atoms. The summed E-state index contributed by atoms with van der Waals surface area (Å²) in [4.78, 5) is 0. The number of hydrogen-bond acceptors (Lipinski definition) is 5. The van der Waals surface area contributed by atoms with Gasteiger partial charge >= 0.3 is 0 Å². The third kappa shape index (κ3) is 3.20. The average molecular weight is 235 g/mol. The van der Waals surface area contributed by atoms with E-state index in [1.165, 1.54) is 0 Å². The van der Waals surface area contributed by atoms with E-state index in [-0.39, 0.29) is 0 Å². The van der Waals surface area contributed by atoms with Crippen LogP contribution in [0.5, 0.6) is 5.75 Å². The van der Waals surface area contributed by atoms with Crippen LogP contribution in [0.3, 0.4) is 0 Å². The van der Waals surface area contributed by atoms with E-state index in [2.05, 4.69) is 15.5 Å². The minimum atomic E-state index is 0.614. The van der Waals surface area contributed by atoms with Crippen LogP contribution in [-0.4, -0.2) is 23.3 Å². The second-order valence-electron chi connectivity index (χ2n) is 3.21. The van der Waals surface area contributed by atoms with Gasteiger partial charge in [0.25, 0.3) is 0 Å². The molecule has 84 valence electrons. The second kappa shape index (κ2) is 5.46. The lowest BCUT2D eigenvalue weighted by Gasteiger charge is -2.05.